The molecular formula is C21H23ClFN3O. The van der Waals surface area contributed by atoms with Crippen LogP contribution in [0.2, 0.25) is 5.02 Å². The lowest BCUT2D eigenvalue weighted by molar-refractivity contribution is 0.103. The molecule has 0 bridgehead atoms. The summed E-state index contributed by atoms with van der Waals surface area (Å²) in [6, 6.07) is 11.8. The molecule has 0 radical (unpaired) electrons. The van der Waals surface area contributed by atoms with Crippen LogP contribution < -0.4 is 5.73 Å². The summed E-state index contributed by atoms with van der Waals surface area (Å²) < 4.78 is 13.0. The first kappa shape index (κ1) is 19.4. The van der Waals surface area contributed by atoms with Crippen molar-refractivity contribution in [2.75, 3.05) is 25.4 Å². The van der Waals surface area contributed by atoms with E-state index in [9.17, 15) is 9.18 Å². The van der Waals surface area contributed by atoms with Crippen LogP contribution in [-0.4, -0.2) is 41.3 Å². The van der Waals surface area contributed by atoms with Gasteiger partial charge in [0, 0.05) is 60.8 Å². The Bertz CT molecular complexity index is 838. The molecule has 3 rings (SSSR count). The molecule has 2 aromatic carbocycles. The van der Waals surface area contributed by atoms with Gasteiger partial charge in [0.05, 0.1) is 0 Å². The van der Waals surface area contributed by atoms with Crippen LogP contribution >= 0.6 is 11.6 Å². The van der Waals surface area contributed by atoms with E-state index in [0.717, 1.165) is 31.7 Å². The maximum atomic E-state index is 13.0. The van der Waals surface area contributed by atoms with Crippen molar-refractivity contribution in [2.45, 2.75) is 19.5 Å². The van der Waals surface area contributed by atoms with Crippen molar-refractivity contribution in [1.82, 2.24) is 9.80 Å². The van der Waals surface area contributed by atoms with E-state index >= 15 is 0 Å². The van der Waals surface area contributed by atoms with Crippen LogP contribution in [0, 0.1) is 5.82 Å². The van der Waals surface area contributed by atoms with Gasteiger partial charge in [-0.3, -0.25) is 9.69 Å². The Morgan fingerprint density at radius 1 is 1.26 bits per heavy atom. The summed E-state index contributed by atoms with van der Waals surface area (Å²) in [6.07, 6.45) is 3.40. The zero-order valence-corrected chi connectivity index (χ0v) is 16.0. The van der Waals surface area contributed by atoms with E-state index in [1.165, 1.54) is 12.1 Å². The predicted molar refractivity (Wildman–Crippen MR) is 107 cm³/mol. The Labute approximate surface area is 164 Å². The first-order valence-electron chi connectivity index (χ1n) is 8.92. The largest absolute Gasteiger partial charge is 0.398 e. The van der Waals surface area contributed by atoms with Gasteiger partial charge in [0.25, 0.3) is 0 Å². The van der Waals surface area contributed by atoms with Gasteiger partial charge in [-0.15, -0.1) is 0 Å². The zero-order chi connectivity index (χ0) is 19.4. The number of hydrogen-bond donors (Lipinski definition) is 1. The number of allylic oxidation sites excluding steroid dienone is 1. The second-order valence-corrected chi connectivity index (χ2v) is 7.30. The van der Waals surface area contributed by atoms with E-state index in [1.807, 2.05) is 18.3 Å². The van der Waals surface area contributed by atoms with E-state index in [2.05, 4.69) is 16.7 Å². The minimum absolute atomic E-state index is 0.134. The van der Waals surface area contributed by atoms with E-state index in [-0.39, 0.29) is 17.6 Å². The summed E-state index contributed by atoms with van der Waals surface area (Å²) in [5, 5.41) is 0.513. The fourth-order valence-corrected chi connectivity index (χ4v) is 3.45. The van der Waals surface area contributed by atoms with Gasteiger partial charge in [-0.2, -0.15) is 0 Å². The van der Waals surface area contributed by atoms with Crippen molar-refractivity contribution in [3.63, 3.8) is 0 Å². The standard InChI is InChI=1S/C21H23ClFN3O/c1-15-13-25(14-16-2-5-18(23)6-3-16)10-11-26(15)9-8-21(27)19-7-4-17(22)12-20(19)24/h2-9,12,15H,10-11,13-14,24H2,1H3/b9-8+/t15-/m1/s1. The third kappa shape index (κ3) is 5.08. The third-order valence-corrected chi connectivity index (χ3v) is 5.01. The van der Waals surface area contributed by atoms with Gasteiger partial charge in [-0.25, -0.2) is 4.39 Å². The highest BCUT2D eigenvalue weighted by Crippen LogP contribution is 2.19. The van der Waals surface area contributed by atoms with Crippen molar-refractivity contribution >= 4 is 23.1 Å². The molecule has 0 saturated carbocycles. The number of nitrogens with zero attached hydrogens (tertiary/aromatic N) is 2. The normalized spacial score (nSPS) is 18.2. The van der Waals surface area contributed by atoms with Gasteiger partial charge in [-0.05, 0) is 42.8 Å². The summed E-state index contributed by atoms with van der Waals surface area (Å²) in [6.45, 7) is 5.50. The molecule has 1 fully saturated rings. The summed E-state index contributed by atoms with van der Waals surface area (Å²) in [5.41, 5.74) is 7.81. The molecule has 0 spiro atoms. The second-order valence-electron chi connectivity index (χ2n) is 6.86. The molecule has 2 N–H and O–H groups in total. The molecular weight excluding hydrogens is 365 g/mol. The Balaban J connectivity index is 1.57. The van der Waals surface area contributed by atoms with E-state index in [4.69, 9.17) is 17.3 Å². The number of rotatable bonds is 5. The van der Waals surface area contributed by atoms with Gasteiger partial charge in [-0.1, -0.05) is 23.7 Å². The monoisotopic (exact) mass is 387 g/mol. The fourth-order valence-electron chi connectivity index (χ4n) is 3.27. The maximum Gasteiger partial charge on any atom is 0.189 e. The number of ketones is 1. The van der Waals surface area contributed by atoms with Crippen LogP contribution in [0.1, 0.15) is 22.8 Å². The maximum absolute atomic E-state index is 13.0. The fraction of sp³-hybridized carbons (Fsp3) is 0.286. The van der Waals surface area contributed by atoms with Crippen molar-refractivity contribution in [3.05, 3.63) is 76.7 Å². The number of hydrogen-bond acceptors (Lipinski definition) is 4. The molecule has 2 aromatic rings. The molecule has 1 atom stereocenters. The zero-order valence-electron chi connectivity index (χ0n) is 15.2. The summed E-state index contributed by atoms with van der Waals surface area (Å²) in [5.74, 6) is -0.349. The molecule has 27 heavy (non-hydrogen) atoms. The first-order valence-corrected chi connectivity index (χ1v) is 9.30. The number of piperazine rings is 1. The number of carbonyl (C=O) groups is 1. The van der Waals surface area contributed by atoms with E-state index in [1.54, 1.807) is 24.3 Å². The van der Waals surface area contributed by atoms with Crippen molar-refractivity contribution in [1.29, 1.82) is 0 Å². The van der Waals surface area contributed by atoms with Crippen molar-refractivity contribution in [2.24, 2.45) is 0 Å². The lowest BCUT2D eigenvalue weighted by Gasteiger charge is -2.39. The smallest absolute Gasteiger partial charge is 0.189 e. The topological polar surface area (TPSA) is 49.6 Å². The molecule has 1 aliphatic rings. The van der Waals surface area contributed by atoms with Crippen LogP contribution in [0.25, 0.3) is 0 Å². The van der Waals surface area contributed by atoms with Crippen LogP contribution in [0.5, 0.6) is 0 Å². The second kappa shape index (κ2) is 8.55. The predicted octanol–water partition coefficient (Wildman–Crippen LogP) is 3.96. The highest BCUT2D eigenvalue weighted by Gasteiger charge is 2.21. The Morgan fingerprint density at radius 2 is 2.00 bits per heavy atom. The lowest BCUT2D eigenvalue weighted by atomic mass is 10.1. The highest BCUT2D eigenvalue weighted by atomic mass is 35.5. The Kier molecular flexibility index (Phi) is 6.14. The number of anilines is 1. The van der Waals surface area contributed by atoms with Crippen molar-refractivity contribution in [3.8, 4) is 0 Å². The highest BCUT2D eigenvalue weighted by molar-refractivity contribution is 6.31. The quantitative estimate of drug-likeness (QED) is 0.479. The average Bonchev–Trinajstić information content (AvgIpc) is 2.63. The van der Waals surface area contributed by atoms with Crippen molar-refractivity contribution < 1.29 is 9.18 Å². The number of nitrogen functional groups attached to an aromatic ring is 1. The summed E-state index contributed by atoms with van der Waals surface area (Å²) in [7, 11) is 0. The minimum Gasteiger partial charge on any atom is -0.398 e. The summed E-state index contributed by atoms with van der Waals surface area (Å²) >= 11 is 5.88. The van der Waals surface area contributed by atoms with Gasteiger partial charge >= 0.3 is 0 Å². The van der Waals surface area contributed by atoms with Crippen LogP contribution in [-0.2, 0) is 6.54 Å². The summed E-state index contributed by atoms with van der Waals surface area (Å²) in [4.78, 5) is 16.9. The van der Waals surface area contributed by atoms with Gasteiger partial charge < -0.3 is 10.6 Å². The first-order chi connectivity index (χ1) is 12.9. The third-order valence-electron chi connectivity index (χ3n) is 4.78. The molecule has 4 nitrogen and oxygen atoms in total. The number of carbonyl (C=O) groups excluding carboxylic acids is 1. The molecule has 1 aliphatic heterocycles. The molecule has 1 saturated heterocycles. The van der Waals surface area contributed by atoms with Crippen LogP contribution in [0.4, 0.5) is 10.1 Å². The Hall–Kier alpha value is -2.37. The number of halogens is 2. The van der Waals surface area contributed by atoms with Gasteiger partial charge in [0.1, 0.15) is 5.82 Å². The van der Waals surface area contributed by atoms with Crippen LogP contribution in [0.15, 0.2) is 54.7 Å². The lowest BCUT2D eigenvalue weighted by Crippen LogP contribution is -2.49. The minimum atomic E-state index is -0.215. The van der Waals surface area contributed by atoms with E-state index in [0.29, 0.717) is 16.3 Å². The molecule has 0 aliphatic carbocycles. The number of benzene rings is 2. The van der Waals surface area contributed by atoms with Crippen LogP contribution in [0.3, 0.4) is 0 Å². The SMILES string of the molecule is C[C@@H]1CN(Cc2ccc(F)cc2)CCN1/C=C/C(=O)c1ccc(Cl)cc1N. The number of nitrogens with two attached hydrogens (primary N) is 1. The average molecular weight is 388 g/mol. The molecule has 6 heteroatoms. The molecule has 0 amide bonds. The van der Waals surface area contributed by atoms with Gasteiger partial charge in [0.2, 0.25) is 0 Å². The molecule has 1 heterocycles. The van der Waals surface area contributed by atoms with E-state index < -0.39 is 0 Å². The van der Waals surface area contributed by atoms with Gasteiger partial charge in [0.15, 0.2) is 5.78 Å². The molecule has 142 valence electrons. The Morgan fingerprint density at radius 3 is 2.67 bits per heavy atom. The molecule has 0 aromatic heterocycles. The molecule has 0 unspecified atom stereocenters.